The van der Waals surface area contributed by atoms with Gasteiger partial charge in [0.05, 0.1) is 24.7 Å². The van der Waals surface area contributed by atoms with Gasteiger partial charge in [0.1, 0.15) is 11.3 Å². The number of carbonyl (C=O) groups is 1. The molecule has 1 rings (SSSR count). The van der Waals surface area contributed by atoms with Crippen LogP contribution in [0.2, 0.25) is 18.1 Å². The van der Waals surface area contributed by atoms with Gasteiger partial charge in [-0.05, 0) is 58.3 Å². The van der Waals surface area contributed by atoms with Crippen molar-refractivity contribution in [3.63, 3.8) is 0 Å². The number of rotatable bonds is 6. The van der Waals surface area contributed by atoms with Crippen molar-refractivity contribution in [3.8, 4) is 0 Å². The molecule has 1 amide bonds. The summed E-state index contributed by atoms with van der Waals surface area (Å²) in [5.74, 6) is -2.13. The fraction of sp³-hybridized carbons (Fsp3) is 0.950. The van der Waals surface area contributed by atoms with Gasteiger partial charge in [0, 0.05) is 11.5 Å². The van der Waals surface area contributed by atoms with Gasteiger partial charge in [-0.25, -0.2) is 4.79 Å². The van der Waals surface area contributed by atoms with Gasteiger partial charge < -0.3 is 13.9 Å². The third-order valence-electron chi connectivity index (χ3n) is 5.88. The van der Waals surface area contributed by atoms with E-state index in [1.54, 1.807) is 34.6 Å². The van der Waals surface area contributed by atoms with Crippen molar-refractivity contribution >= 4 is 14.4 Å². The number of amides is 1. The van der Waals surface area contributed by atoms with Crippen LogP contribution < -0.4 is 0 Å². The number of hydrogen-bond acceptors (Lipinski definition) is 5. The molecule has 1 aliphatic heterocycles. The predicted molar refractivity (Wildman–Crippen MR) is 118 cm³/mol. The highest BCUT2D eigenvalue weighted by atomic mass is 28.4. The summed E-state index contributed by atoms with van der Waals surface area (Å²) in [7, 11) is -2.74. The average molecular weight is 483 g/mol. The zero-order chi connectivity index (χ0) is 25.3. The molecule has 0 N–H and O–H groups in total. The first-order valence-electron chi connectivity index (χ1n) is 10.6. The second-order valence-corrected chi connectivity index (χ2v) is 15.8. The van der Waals surface area contributed by atoms with E-state index in [1.165, 1.54) is 4.90 Å². The Hall–Kier alpha value is -1.49. The summed E-state index contributed by atoms with van der Waals surface area (Å²) >= 11 is 0. The normalized spacial score (nSPS) is 21.7. The molecule has 0 aromatic heterocycles. The van der Waals surface area contributed by atoms with Crippen molar-refractivity contribution in [1.82, 2.24) is 4.90 Å². The van der Waals surface area contributed by atoms with Crippen molar-refractivity contribution in [3.05, 3.63) is 10.4 Å². The molecule has 0 spiro atoms. The predicted octanol–water partition coefficient (Wildman–Crippen LogP) is 6.24. The van der Waals surface area contributed by atoms with E-state index in [9.17, 15) is 18.0 Å². The first-order chi connectivity index (χ1) is 14.1. The Morgan fingerprint density at radius 3 is 2.19 bits per heavy atom. The summed E-state index contributed by atoms with van der Waals surface area (Å²) in [6.45, 7) is 16.6. The van der Waals surface area contributed by atoms with Crippen molar-refractivity contribution in [2.75, 3.05) is 13.2 Å². The molecule has 1 heterocycles. The molecule has 32 heavy (non-hydrogen) atoms. The molecular formula is C20H37F3N4O4Si. The van der Waals surface area contributed by atoms with Crippen LogP contribution in [0.1, 0.15) is 55.4 Å². The molecule has 1 unspecified atom stereocenters. The molecule has 0 aliphatic carbocycles. The SMILES string of the molecule is CC(C)(C)OC(=O)N1C([C@H](O[Si](C)(C)C(C)(C)C)[C@H](CN=[N+]=[N-])C(F)(F)F)COC1(C)C. The Morgan fingerprint density at radius 1 is 1.25 bits per heavy atom. The molecule has 12 heteroatoms. The lowest BCUT2D eigenvalue weighted by atomic mass is 9.94. The Balaban J connectivity index is 3.59. The van der Waals surface area contributed by atoms with Crippen molar-refractivity contribution in [1.29, 1.82) is 0 Å². The van der Waals surface area contributed by atoms with E-state index in [-0.39, 0.29) is 6.61 Å². The first kappa shape index (κ1) is 28.5. The molecule has 8 nitrogen and oxygen atoms in total. The fourth-order valence-electron chi connectivity index (χ4n) is 3.20. The second kappa shape index (κ2) is 9.40. The van der Waals surface area contributed by atoms with Gasteiger partial charge in [0.15, 0.2) is 8.32 Å². The van der Waals surface area contributed by atoms with Gasteiger partial charge in [-0.3, -0.25) is 4.90 Å². The van der Waals surface area contributed by atoms with Crippen molar-refractivity contribution < 1.29 is 31.9 Å². The zero-order valence-corrected chi connectivity index (χ0v) is 21.7. The molecule has 1 saturated heterocycles. The van der Waals surface area contributed by atoms with Crippen LogP contribution in [-0.2, 0) is 13.9 Å². The maximum Gasteiger partial charge on any atom is 0.412 e. The molecule has 0 aromatic rings. The molecule has 0 aromatic carbocycles. The molecular weight excluding hydrogens is 445 g/mol. The molecule has 0 bridgehead atoms. The standard InChI is InChI=1S/C20H37F3N4O4Si/c1-17(2,3)30-16(28)27-14(12-29-19(27,7)8)15(31-32(9,10)18(4,5)6)13(11-25-26-24)20(21,22)23/h13-15H,11-12H2,1-10H3/t13-,14?,15+/m0/s1. The third-order valence-corrected chi connectivity index (χ3v) is 10.4. The van der Waals surface area contributed by atoms with E-state index in [1.807, 2.05) is 33.9 Å². The fourth-order valence-corrected chi connectivity index (χ4v) is 4.56. The van der Waals surface area contributed by atoms with Gasteiger partial charge in [-0.15, -0.1) is 0 Å². The van der Waals surface area contributed by atoms with Gasteiger partial charge in [-0.1, -0.05) is 25.9 Å². The number of ether oxygens (including phenoxy) is 2. The zero-order valence-electron chi connectivity index (χ0n) is 20.7. The highest BCUT2D eigenvalue weighted by Crippen LogP contribution is 2.44. The monoisotopic (exact) mass is 482 g/mol. The van der Waals surface area contributed by atoms with Crippen molar-refractivity contribution in [2.24, 2.45) is 11.0 Å². The van der Waals surface area contributed by atoms with Crippen LogP contribution in [0.15, 0.2) is 5.11 Å². The Labute approximate surface area is 189 Å². The summed E-state index contributed by atoms with van der Waals surface area (Å²) in [6.07, 6.45) is -7.03. The minimum absolute atomic E-state index is 0.172. The average Bonchev–Trinajstić information content (AvgIpc) is 2.85. The van der Waals surface area contributed by atoms with E-state index in [0.717, 1.165) is 0 Å². The smallest absolute Gasteiger partial charge is 0.412 e. The Kier molecular flexibility index (Phi) is 8.38. The van der Waals surface area contributed by atoms with Crippen LogP contribution in [0.4, 0.5) is 18.0 Å². The van der Waals surface area contributed by atoms with Crippen LogP contribution >= 0.6 is 0 Å². The van der Waals surface area contributed by atoms with Gasteiger partial charge in [-0.2, -0.15) is 13.2 Å². The number of carbonyl (C=O) groups excluding carboxylic acids is 1. The lowest BCUT2D eigenvalue weighted by Crippen LogP contribution is -2.60. The van der Waals surface area contributed by atoms with E-state index in [2.05, 4.69) is 10.0 Å². The highest BCUT2D eigenvalue weighted by molar-refractivity contribution is 6.74. The summed E-state index contributed by atoms with van der Waals surface area (Å²) < 4.78 is 60.1. The summed E-state index contributed by atoms with van der Waals surface area (Å²) in [4.78, 5) is 16.8. The Morgan fingerprint density at radius 2 is 1.78 bits per heavy atom. The largest absolute Gasteiger partial charge is 0.444 e. The third kappa shape index (κ3) is 7.00. The number of azide groups is 1. The number of alkyl halides is 3. The first-order valence-corrected chi connectivity index (χ1v) is 13.5. The maximum absolute atomic E-state index is 14.2. The molecule has 1 fully saturated rings. The minimum Gasteiger partial charge on any atom is -0.444 e. The molecule has 186 valence electrons. The molecule has 0 radical (unpaired) electrons. The van der Waals surface area contributed by atoms with Crippen molar-refractivity contribution in [2.45, 2.75) is 103 Å². The van der Waals surface area contributed by atoms with E-state index < -0.39 is 61.6 Å². The summed E-state index contributed by atoms with van der Waals surface area (Å²) in [6, 6.07) is -1.09. The van der Waals surface area contributed by atoms with Crippen LogP contribution in [0.3, 0.4) is 0 Å². The molecule has 3 atom stereocenters. The van der Waals surface area contributed by atoms with Crippen LogP contribution in [0.5, 0.6) is 0 Å². The molecule has 1 aliphatic rings. The number of nitrogens with zero attached hydrogens (tertiary/aromatic N) is 4. The molecule has 0 saturated carbocycles. The summed E-state index contributed by atoms with van der Waals surface area (Å²) in [5, 5.41) is 2.81. The van der Waals surface area contributed by atoms with Gasteiger partial charge in [0.25, 0.3) is 0 Å². The quantitative estimate of drug-likeness (QED) is 0.194. The summed E-state index contributed by atoms with van der Waals surface area (Å²) in [5.41, 5.74) is 6.62. The van der Waals surface area contributed by atoms with E-state index in [4.69, 9.17) is 19.4 Å². The topological polar surface area (TPSA) is 96.8 Å². The van der Waals surface area contributed by atoms with Gasteiger partial charge >= 0.3 is 12.3 Å². The highest BCUT2D eigenvalue weighted by Gasteiger charge is 2.57. The Bertz CT molecular complexity index is 726. The van der Waals surface area contributed by atoms with Crippen LogP contribution in [0, 0.1) is 5.92 Å². The maximum atomic E-state index is 14.2. The van der Waals surface area contributed by atoms with Crippen LogP contribution in [0.25, 0.3) is 10.4 Å². The van der Waals surface area contributed by atoms with E-state index in [0.29, 0.717) is 0 Å². The number of halogens is 3. The lowest BCUT2D eigenvalue weighted by Gasteiger charge is -2.45. The second-order valence-electron chi connectivity index (χ2n) is 11.1. The van der Waals surface area contributed by atoms with Crippen LogP contribution in [-0.4, -0.2) is 62.1 Å². The van der Waals surface area contributed by atoms with Gasteiger partial charge in [0.2, 0.25) is 0 Å². The van der Waals surface area contributed by atoms with E-state index >= 15 is 0 Å². The lowest BCUT2D eigenvalue weighted by molar-refractivity contribution is -0.201. The number of hydrogen-bond donors (Lipinski definition) is 0. The minimum atomic E-state index is -4.73.